The van der Waals surface area contributed by atoms with Crippen molar-refractivity contribution in [1.82, 2.24) is 5.32 Å². The van der Waals surface area contributed by atoms with Crippen molar-refractivity contribution in [2.45, 2.75) is 24.0 Å². The molecule has 0 aromatic heterocycles. The Morgan fingerprint density at radius 2 is 1.33 bits per heavy atom. The molecule has 3 N–H and O–H groups in total. The van der Waals surface area contributed by atoms with Crippen molar-refractivity contribution in [3.05, 3.63) is 131 Å². The number of amides is 3. The third kappa shape index (κ3) is 8.67. The SMILES string of the molecule is CC(=O)c1ccc(NC(=O)C(C)Sc2ccc(NC(=O)/C(=C/c3ccc(Cl)cc3)NC(=O)c3ccccc3)cc2)cc1. The van der Waals surface area contributed by atoms with Gasteiger partial charge in [0.2, 0.25) is 5.91 Å². The van der Waals surface area contributed by atoms with E-state index in [1.807, 2.05) is 0 Å². The van der Waals surface area contributed by atoms with Crippen LogP contribution in [0, 0.1) is 0 Å². The fraction of sp³-hybridized carbons (Fsp3) is 0.0909. The Hall–Kier alpha value is -4.66. The predicted octanol–water partition coefficient (Wildman–Crippen LogP) is 7.07. The number of hydrogen-bond donors (Lipinski definition) is 3. The molecule has 4 aromatic carbocycles. The van der Waals surface area contributed by atoms with Crippen LogP contribution in [0.5, 0.6) is 0 Å². The Bertz CT molecular complexity index is 1600. The first kappa shape index (κ1) is 30.3. The number of benzene rings is 4. The number of hydrogen-bond acceptors (Lipinski definition) is 5. The number of carbonyl (C=O) groups excluding carboxylic acids is 4. The average molecular weight is 598 g/mol. The Balaban J connectivity index is 1.40. The molecule has 0 spiro atoms. The average Bonchev–Trinajstić information content (AvgIpc) is 2.99. The highest BCUT2D eigenvalue weighted by atomic mass is 35.5. The standard InChI is InChI=1S/C33H28ClN3O4S/c1-21(38)24-10-14-27(15-11-24)35-31(39)22(2)42-29-18-16-28(17-19-29)36-33(41)30(20-23-8-12-26(34)13-9-23)37-32(40)25-6-4-3-5-7-25/h3-20,22H,1-2H3,(H,35,39)(H,36,41)(H,37,40)/b30-20-. The van der Waals surface area contributed by atoms with Gasteiger partial charge in [0.05, 0.1) is 5.25 Å². The number of Topliss-reactive ketones (excluding diaryl/α,β-unsaturated/α-hetero) is 1. The van der Waals surface area contributed by atoms with Gasteiger partial charge in [-0.05, 0) is 98.3 Å². The molecule has 4 rings (SSSR count). The van der Waals surface area contributed by atoms with Crippen LogP contribution in [0.1, 0.15) is 40.1 Å². The molecule has 0 heterocycles. The van der Waals surface area contributed by atoms with Gasteiger partial charge in [0.25, 0.3) is 11.8 Å². The lowest BCUT2D eigenvalue weighted by molar-refractivity contribution is -0.115. The Kier molecular flexibility index (Phi) is 10.3. The summed E-state index contributed by atoms with van der Waals surface area (Å²) in [6.45, 7) is 3.28. The van der Waals surface area contributed by atoms with Crippen molar-refractivity contribution in [1.29, 1.82) is 0 Å². The lowest BCUT2D eigenvalue weighted by Gasteiger charge is -2.14. The van der Waals surface area contributed by atoms with E-state index in [0.717, 1.165) is 4.90 Å². The molecular weight excluding hydrogens is 570 g/mol. The van der Waals surface area contributed by atoms with Crippen molar-refractivity contribution < 1.29 is 19.2 Å². The van der Waals surface area contributed by atoms with Crippen molar-refractivity contribution >= 4 is 64.3 Å². The maximum Gasteiger partial charge on any atom is 0.272 e. The molecule has 0 aliphatic carbocycles. The quantitative estimate of drug-likeness (QED) is 0.103. The molecule has 212 valence electrons. The number of carbonyl (C=O) groups is 4. The second-order valence-corrected chi connectivity index (χ2v) is 11.1. The summed E-state index contributed by atoms with van der Waals surface area (Å²) < 4.78 is 0. The topological polar surface area (TPSA) is 104 Å². The van der Waals surface area contributed by atoms with Crippen LogP contribution in [-0.4, -0.2) is 28.8 Å². The summed E-state index contributed by atoms with van der Waals surface area (Å²) in [5.41, 5.74) is 2.87. The number of anilines is 2. The molecule has 1 unspecified atom stereocenters. The van der Waals surface area contributed by atoms with Crippen molar-refractivity contribution in [3.63, 3.8) is 0 Å². The first-order valence-electron chi connectivity index (χ1n) is 13.0. The maximum absolute atomic E-state index is 13.2. The lowest BCUT2D eigenvalue weighted by Crippen LogP contribution is -2.30. The monoisotopic (exact) mass is 597 g/mol. The van der Waals surface area contributed by atoms with E-state index < -0.39 is 17.1 Å². The summed E-state index contributed by atoms with van der Waals surface area (Å²) in [4.78, 5) is 51.0. The van der Waals surface area contributed by atoms with E-state index in [2.05, 4.69) is 16.0 Å². The van der Waals surface area contributed by atoms with E-state index in [1.54, 1.807) is 116 Å². The van der Waals surface area contributed by atoms with Gasteiger partial charge in [-0.15, -0.1) is 11.8 Å². The largest absolute Gasteiger partial charge is 0.325 e. The van der Waals surface area contributed by atoms with E-state index in [4.69, 9.17) is 11.6 Å². The predicted molar refractivity (Wildman–Crippen MR) is 169 cm³/mol. The normalized spacial score (nSPS) is 11.7. The van der Waals surface area contributed by atoms with Crippen LogP contribution >= 0.6 is 23.4 Å². The Labute approximate surface area is 253 Å². The van der Waals surface area contributed by atoms with Gasteiger partial charge < -0.3 is 16.0 Å². The fourth-order valence-corrected chi connectivity index (χ4v) is 4.77. The van der Waals surface area contributed by atoms with Gasteiger partial charge in [-0.3, -0.25) is 19.2 Å². The number of nitrogens with one attached hydrogen (secondary N) is 3. The molecule has 0 radical (unpaired) electrons. The molecule has 0 saturated heterocycles. The Morgan fingerprint density at radius 3 is 1.95 bits per heavy atom. The Morgan fingerprint density at radius 1 is 0.738 bits per heavy atom. The van der Waals surface area contributed by atoms with Crippen molar-refractivity contribution in [2.24, 2.45) is 0 Å². The summed E-state index contributed by atoms with van der Waals surface area (Å²) in [7, 11) is 0. The van der Waals surface area contributed by atoms with Crippen LogP contribution in [0.3, 0.4) is 0 Å². The van der Waals surface area contributed by atoms with Gasteiger partial charge in [0.1, 0.15) is 5.70 Å². The second kappa shape index (κ2) is 14.3. The highest BCUT2D eigenvalue weighted by Crippen LogP contribution is 2.26. The van der Waals surface area contributed by atoms with E-state index in [1.165, 1.54) is 18.7 Å². The lowest BCUT2D eigenvalue weighted by atomic mass is 10.1. The summed E-state index contributed by atoms with van der Waals surface area (Å²) in [5, 5.41) is 8.53. The minimum atomic E-state index is -0.502. The molecule has 42 heavy (non-hydrogen) atoms. The van der Waals surface area contributed by atoms with Crippen LogP contribution in [0.15, 0.2) is 114 Å². The third-order valence-electron chi connectivity index (χ3n) is 6.06. The van der Waals surface area contributed by atoms with Gasteiger partial charge in [0.15, 0.2) is 5.78 Å². The van der Waals surface area contributed by atoms with Crippen LogP contribution < -0.4 is 16.0 Å². The van der Waals surface area contributed by atoms with Crippen LogP contribution in [0.2, 0.25) is 5.02 Å². The highest BCUT2D eigenvalue weighted by molar-refractivity contribution is 8.00. The van der Waals surface area contributed by atoms with E-state index in [-0.39, 0.29) is 17.4 Å². The molecule has 3 amide bonds. The minimum absolute atomic E-state index is 0.0397. The van der Waals surface area contributed by atoms with Gasteiger partial charge in [0, 0.05) is 32.4 Å². The molecule has 9 heteroatoms. The molecule has 0 fully saturated rings. The van der Waals surface area contributed by atoms with E-state index >= 15 is 0 Å². The van der Waals surface area contributed by atoms with E-state index in [0.29, 0.717) is 33.1 Å². The summed E-state index contributed by atoms with van der Waals surface area (Å²) in [5.74, 6) is -1.14. The zero-order valence-electron chi connectivity index (χ0n) is 22.9. The fourth-order valence-electron chi connectivity index (χ4n) is 3.77. The molecular formula is C33H28ClN3O4S. The molecule has 0 aliphatic rings. The number of ketones is 1. The molecule has 1 atom stereocenters. The molecule has 0 aliphatic heterocycles. The molecule has 0 bridgehead atoms. The summed E-state index contributed by atoms with van der Waals surface area (Å²) in [6.07, 6.45) is 1.57. The number of halogens is 1. The summed E-state index contributed by atoms with van der Waals surface area (Å²) >= 11 is 7.35. The first-order valence-corrected chi connectivity index (χ1v) is 14.3. The third-order valence-corrected chi connectivity index (χ3v) is 7.43. The van der Waals surface area contributed by atoms with Crippen LogP contribution in [-0.2, 0) is 9.59 Å². The highest BCUT2D eigenvalue weighted by Gasteiger charge is 2.17. The number of thioether (sulfide) groups is 1. The van der Waals surface area contributed by atoms with Crippen molar-refractivity contribution in [3.8, 4) is 0 Å². The van der Waals surface area contributed by atoms with Gasteiger partial charge in [-0.1, -0.05) is 41.9 Å². The van der Waals surface area contributed by atoms with Gasteiger partial charge >= 0.3 is 0 Å². The zero-order chi connectivity index (χ0) is 30.1. The second-order valence-electron chi connectivity index (χ2n) is 9.29. The minimum Gasteiger partial charge on any atom is -0.325 e. The molecule has 7 nitrogen and oxygen atoms in total. The van der Waals surface area contributed by atoms with Crippen molar-refractivity contribution in [2.75, 3.05) is 10.6 Å². The van der Waals surface area contributed by atoms with Crippen LogP contribution in [0.25, 0.3) is 6.08 Å². The molecule has 0 saturated carbocycles. The first-order chi connectivity index (χ1) is 20.2. The smallest absolute Gasteiger partial charge is 0.272 e. The van der Waals surface area contributed by atoms with Gasteiger partial charge in [-0.2, -0.15) is 0 Å². The molecule has 4 aromatic rings. The summed E-state index contributed by atoms with van der Waals surface area (Å²) in [6, 6.07) is 29.3. The van der Waals surface area contributed by atoms with Gasteiger partial charge in [-0.25, -0.2) is 0 Å². The maximum atomic E-state index is 13.2. The number of rotatable bonds is 10. The van der Waals surface area contributed by atoms with E-state index in [9.17, 15) is 19.2 Å². The van der Waals surface area contributed by atoms with Crippen LogP contribution in [0.4, 0.5) is 11.4 Å². The zero-order valence-corrected chi connectivity index (χ0v) is 24.5.